The monoisotopic (exact) mass is 472 g/mol. The van der Waals surface area contributed by atoms with Gasteiger partial charge in [0.15, 0.2) is 11.4 Å². The van der Waals surface area contributed by atoms with Crippen LogP contribution in [-0.4, -0.2) is 46.7 Å². The minimum Gasteiger partial charge on any atom is -0.493 e. The summed E-state index contributed by atoms with van der Waals surface area (Å²) >= 11 is 0. The van der Waals surface area contributed by atoms with E-state index in [4.69, 9.17) is 4.74 Å². The van der Waals surface area contributed by atoms with Crippen LogP contribution in [-0.2, 0) is 11.0 Å². The predicted molar refractivity (Wildman–Crippen MR) is 118 cm³/mol. The molecule has 1 N–H and O–H groups in total. The van der Waals surface area contributed by atoms with E-state index >= 15 is 0 Å². The lowest BCUT2D eigenvalue weighted by Gasteiger charge is -2.25. The molecule has 4 rings (SSSR count). The molecule has 0 spiro atoms. The molecular weight excluding hydrogens is 449 g/mol. The maximum absolute atomic E-state index is 13.3. The normalized spacial score (nSPS) is 14.8. The number of benzene rings is 2. The number of carbonyl (C=O) groups excluding carboxylic acids is 2. The molecule has 1 aliphatic heterocycles. The molecule has 1 aromatic heterocycles. The topological polar surface area (TPSA) is 76.5 Å². The van der Waals surface area contributed by atoms with E-state index < -0.39 is 23.7 Å². The Hall–Kier alpha value is -3.82. The molecule has 0 radical (unpaired) electrons. The van der Waals surface area contributed by atoms with E-state index in [2.05, 4.69) is 10.4 Å². The fraction of sp³-hybridized carbons (Fsp3) is 0.292. The number of hydrogen-bond donors (Lipinski definition) is 1. The van der Waals surface area contributed by atoms with Gasteiger partial charge in [-0.1, -0.05) is 30.3 Å². The number of nitrogens with zero attached hydrogens (tertiary/aromatic N) is 3. The van der Waals surface area contributed by atoms with Gasteiger partial charge in [0.25, 0.3) is 5.91 Å². The standard InChI is InChI=1S/C24H23F3N4O3/c1-34-20-15-31(18-9-3-2-4-10-18)29-22(20)23(33)28-19(14-30-12-6-11-21(30)32)16-7-5-8-17(13-16)24(25,26)27/h2-5,7-10,13,15,19H,6,11-12,14H2,1H3,(H,28,33)/t19-/m0/s1. The van der Waals surface area contributed by atoms with Crippen LogP contribution in [0.5, 0.6) is 5.75 Å². The molecule has 1 saturated heterocycles. The van der Waals surface area contributed by atoms with Gasteiger partial charge in [-0.15, -0.1) is 0 Å². The van der Waals surface area contributed by atoms with Crippen molar-refractivity contribution in [1.82, 2.24) is 20.0 Å². The third-order valence-electron chi connectivity index (χ3n) is 5.63. The van der Waals surface area contributed by atoms with E-state index in [-0.39, 0.29) is 29.5 Å². The Morgan fingerprint density at radius 1 is 1.18 bits per heavy atom. The summed E-state index contributed by atoms with van der Waals surface area (Å²) in [5, 5.41) is 7.08. The van der Waals surface area contributed by atoms with Gasteiger partial charge in [-0.3, -0.25) is 9.59 Å². The van der Waals surface area contributed by atoms with Gasteiger partial charge in [-0.05, 0) is 36.2 Å². The molecule has 34 heavy (non-hydrogen) atoms. The second-order valence-electron chi connectivity index (χ2n) is 7.92. The first-order valence-corrected chi connectivity index (χ1v) is 10.7. The minimum absolute atomic E-state index is 0.0175. The van der Waals surface area contributed by atoms with E-state index in [0.717, 1.165) is 12.1 Å². The lowest BCUT2D eigenvalue weighted by atomic mass is 10.0. The van der Waals surface area contributed by atoms with Crippen LogP contribution in [0, 0.1) is 0 Å². The highest BCUT2D eigenvalue weighted by atomic mass is 19.4. The number of amides is 2. The minimum atomic E-state index is -4.54. The largest absolute Gasteiger partial charge is 0.493 e. The van der Waals surface area contributed by atoms with Crippen molar-refractivity contribution >= 4 is 11.8 Å². The van der Waals surface area contributed by atoms with E-state index in [1.54, 1.807) is 23.2 Å². The molecule has 3 aromatic rings. The Morgan fingerprint density at radius 2 is 1.94 bits per heavy atom. The lowest BCUT2D eigenvalue weighted by molar-refractivity contribution is -0.137. The molecule has 1 atom stereocenters. The highest BCUT2D eigenvalue weighted by Gasteiger charge is 2.32. The molecular formula is C24H23F3N4O3. The molecule has 1 aliphatic rings. The van der Waals surface area contributed by atoms with Gasteiger partial charge in [0.05, 0.1) is 30.6 Å². The molecule has 2 aromatic carbocycles. The molecule has 0 bridgehead atoms. The number of carbonyl (C=O) groups is 2. The summed E-state index contributed by atoms with van der Waals surface area (Å²) in [4.78, 5) is 26.9. The SMILES string of the molecule is COc1cn(-c2ccccc2)nc1C(=O)N[C@@H](CN1CCCC1=O)c1cccc(C(F)(F)F)c1. The summed E-state index contributed by atoms with van der Waals surface area (Å²) in [5.41, 5.74) is 0.0975. The highest BCUT2D eigenvalue weighted by Crippen LogP contribution is 2.31. The van der Waals surface area contributed by atoms with Gasteiger partial charge in [-0.25, -0.2) is 4.68 Å². The second kappa shape index (κ2) is 9.58. The van der Waals surface area contributed by atoms with Crippen LogP contribution in [0.15, 0.2) is 60.8 Å². The van der Waals surface area contributed by atoms with E-state index in [9.17, 15) is 22.8 Å². The summed E-state index contributed by atoms with van der Waals surface area (Å²) in [6, 6.07) is 13.0. The summed E-state index contributed by atoms with van der Waals surface area (Å²) in [6.45, 7) is 0.531. The summed E-state index contributed by atoms with van der Waals surface area (Å²) in [7, 11) is 1.40. The molecule has 2 amide bonds. The Labute approximate surface area is 194 Å². The Kier molecular flexibility index (Phi) is 6.58. The Bertz CT molecular complexity index is 1180. The van der Waals surface area contributed by atoms with Gasteiger partial charge in [0.1, 0.15) is 0 Å². The summed E-state index contributed by atoms with van der Waals surface area (Å²) in [6.07, 6.45) is -1.95. The van der Waals surface area contributed by atoms with Crippen molar-refractivity contribution < 1.29 is 27.5 Å². The van der Waals surface area contributed by atoms with Gasteiger partial charge in [-0.2, -0.15) is 18.3 Å². The van der Waals surface area contributed by atoms with E-state index in [1.165, 1.54) is 23.9 Å². The van der Waals surface area contributed by atoms with Crippen molar-refractivity contribution in [2.75, 3.05) is 20.2 Å². The van der Waals surface area contributed by atoms with Gasteiger partial charge in [0, 0.05) is 19.5 Å². The zero-order valence-electron chi connectivity index (χ0n) is 18.4. The molecule has 7 nitrogen and oxygen atoms in total. The van der Waals surface area contributed by atoms with Crippen LogP contribution in [0.4, 0.5) is 13.2 Å². The highest BCUT2D eigenvalue weighted by molar-refractivity contribution is 5.95. The fourth-order valence-corrected chi connectivity index (χ4v) is 3.89. The number of likely N-dealkylation sites (tertiary alicyclic amines) is 1. The van der Waals surface area contributed by atoms with Crippen LogP contribution in [0.25, 0.3) is 5.69 Å². The van der Waals surface area contributed by atoms with E-state index in [0.29, 0.717) is 25.1 Å². The van der Waals surface area contributed by atoms with Crippen molar-refractivity contribution in [3.8, 4) is 11.4 Å². The maximum Gasteiger partial charge on any atom is 0.416 e. The van der Waals surface area contributed by atoms with Crippen LogP contribution < -0.4 is 10.1 Å². The number of nitrogens with one attached hydrogen (secondary N) is 1. The zero-order chi connectivity index (χ0) is 24.3. The Morgan fingerprint density at radius 3 is 2.59 bits per heavy atom. The van der Waals surface area contributed by atoms with Gasteiger partial charge >= 0.3 is 6.18 Å². The first-order valence-electron chi connectivity index (χ1n) is 10.7. The molecule has 0 aliphatic carbocycles. The average molecular weight is 472 g/mol. The molecule has 0 unspecified atom stereocenters. The second-order valence-corrected chi connectivity index (χ2v) is 7.92. The Balaban J connectivity index is 1.64. The number of alkyl halides is 3. The summed E-state index contributed by atoms with van der Waals surface area (Å²) < 4.78 is 46.7. The maximum atomic E-state index is 13.3. The first kappa shape index (κ1) is 23.3. The van der Waals surface area contributed by atoms with Crippen molar-refractivity contribution in [3.05, 3.63) is 77.6 Å². The number of rotatable bonds is 7. The lowest BCUT2D eigenvalue weighted by Crippen LogP contribution is -2.39. The first-order chi connectivity index (χ1) is 16.3. The van der Waals surface area contributed by atoms with Crippen molar-refractivity contribution in [2.24, 2.45) is 0 Å². The number of hydrogen-bond acceptors (Lipinski definition) is 4. The van der Waals surface area contributed by atoms with Gasteiger partial charge < -0.3 is 15.0 Å². The van der Waals surface area contributed by atoms with Crippen LogP contribution in [0.3, 0.4) is 0 Å². The number of aromatic nitrogens is 2. The van der Waals surface area contributed by atoms with Crippen molar-refractivity contribution in [2.45, 2.75) is 25.1 Å². The van der Waals surface area contributed by atoms with E-state index in [1.807, 2.05) is 18.2 Å². The van der Waals surface area contributed by atoms with Crippen LogP contribution in [0.2, 0.25) is 0 Å². The fourth-order valence-electron chi connectivity index (χ4n) is 3.89. The number of methoxy groups -OCH3 is 1. The smallest absolute Gasteiger partial charge is 0.416 e. The zero-order valence-corrected chi connectivity index (χ0v) is 18.4. The molecule has 10 heteroatoms. The molecule has 0 saturated carbocycles. The molecule has 2 heterocycles. The van der Waals surface area contributed by atoms with Gasteiger partial charge in [0.2, 0.25) is 5.91 Å². The van der Waals surface area contributed by atoms with Crippen LogP contribution in [0.1, 0.15) is 40.5 Å². The quantitative estimate of drug-likeness (QED) is 0.564. The molecule has 178 valence electrons. The van der Waals surface area contributed by atoms with Crippen molar-refractivity contribution in [3.63, 3.8) is 0 Å². The predicted octanol–water partition coefficient (Wildman–Crippen LogP) is 3.99. The number of ether oxygens (including phenoxy) is 1. The third-order valence-corrected chi connectivity index (χ3v) is 5.63. The number of halogens is 3. The average Bonchev–Trinajstić information content (AvgIpc) is 3.45. The van der Waals surface area contributed by atoms with Crippen molar-refractivity contribution in [1.29, 1.82) is 0 Å². The summed E-state index contributed by atoms with van der Waals surface area (Å²) in [5.74, 6) is -0.515. The molecule has 1 fully saturated rings. The number of para-hydroxylation sites is 1. The third kappa shape index (κ3) is 5.05. The van der Waals surface area contributed by atoms with Crippen LogP contribution >= 0.6 is 0 Å².